The Morgan fingerprint density at radius 3 is 2.35 bits per heavy atom. The van der Waals surface area contributed by atoms with E-state index in [0.29, 0.717) is 52.5 Å². The van der Waals surface area contributed by atoms with Gasteiger partial charge in [-0.05, 0) is 6.92 Å². The van der Waals surface area contributed by atoms with E-state index in [-0.39, 0.29) is 5.91 Å². The molecule has 2 rings (SSSR count). The lowest BCUT2D eigenvalue weighted by molar-refractivity contribution is -0.184. The Labute approximate surface area is 134 Å². The van der Waals surface area contributed by atoms with E-state index in [4.69, 9.17) is 4.74 Å². The molecule has 6 nitrogen and oxygen atoms in total. The van der Waals surface area contributed by atoms with Gasteiger partial charge in [-0.2, -0.15) is 13.2 Å². The number of hydrogen-bond acceptors (Lipinski definition) is 5. The average molecular weight is 338 g/mol. The fourth-order valence-corrected chi connectivity index (χ4v) is 2.92. The van der Waals surface area contributed by atoms with Crippen molar-refractivity contribution in [1.82, 2.24) is 20.4 Å². The predicted octanol–water partition coefficient (Wildman–Crippen LogP) is -0.341. The maximum atomic E-state index is 13.3. The smallest absolute Gasteiger partial charge is 0.379 e. The lowest BCUT2D eigenvalue weighted by atomic mass is 10.2. The van der Waals surface area contributed by atoms with Crippen molar-refractivity contribution in [1.29, 1.82) is 0 Å². The van der Waals surface area contributed by atoms with Crippen LogP contribution in [0.2, 0.25) is 0 Å². The highest BCUT2D eigenvalue weighted by Crippen LogP contribution is 2.24. The lowest BCUT2D eigenvalue weighted by Crippen LogP contribution is -2.59. The van der Waals surface area contributed by atoms with Crippen molar-refractivity contribution in [2.75, 3.05) is 59.0 Å². The number of rotatable bonds is 5. The van der Waals surface area contributed by atoms with Crippen LogP contribution in [-0.4, -0.2) is 93.0 Å². The summed E-state index contributed by atoms with van der Waals surface area (Å²) in [5.74, 6) is -0.365. The molecule has 134 valence electrons. The third kappa shape index (κ3) is 5.30. The van der Waals surface area contributed by atoms with Crippen molar-refractivity contribution in [3.8, 4) is 0 Å². The highest BCUT2D eigenvalue weighted by molar-refractivity contribution is 5.81. The van der Waals surface area contributed by atoms with Gasteiger partial charge in [0.05, 0.1) is 19.3 Å². The lowest BCUT2D eigenvalue weighted by Gasteiger charge is -2.36. The van der Waals surface area contributed by atoms with Crippen LogP contribution < -0.4 is 10.6 Å². The average Bonchev–Trinajstić information content (AvgIpc) is 2.54. The van der Waals surface area contributed by atoms with E-state index in [9.17, 15) is 18.0 Å². The molecule has 2 aliphatic rings. The Balaban J connectivity index is 1.87. The van der Waals surface area contributed by atoms with Crippen molar-refractivity contribution in [3.05, 3.63) is 0 Å². The van der Waals surface area contributed by atoms with Crippen LogP contribution in [0.25, 0.3) is 0 Å². The minimum absolute atomic E-state index is 0.332. The first-order valence-electron chi connectivity index (χ1n) is 8.00. The first kappa shape index (κ1) is 18.4. The zero-order valence-electron chi connectivity index (χ0n) is 13.4. The summed E-state index contributed by atoms with van der Waals surface area (Å²) in [5.41, 5.74) is 0. The summed E-state index contributed by atoms with van der Waals surface area (Å²) in [6.07, 6.45) is -4.35. The van der Waals surface area contributed by atoms with E-state index in [1.807, 2.05) is 4.90 Å². The summed E-state index contributed by atoms with van der Waals surface area (Å²) in [7, 11) is 0. The number of nitrogens with one attached hydrogen (secondary N) is 2. The Kier molecular flexibility index (Phi) is 6.63. The molecular weight excluding hydrogens is 313 g/mol. The van der Waals surface area contributed by atoms with E-state index in [0.717, 1.165) is 0 Å². The Morgan fingerprint density at radius 1 is 1.17 bits per heavy atom. The molecule has 2 atom stereocenters. The van der Waals surface area contributed by atoms with E-state index >= 15 is 0 Å². The summed E-state index contributed by atoms with van der Waals surface area (Å²) in [6, 6.07) is -2.08. The van der Waals surface area contributed by atoms with Crippen LogP contribution in [0.4, 0.5) is 13.2 Å². The van der Waals surface area contributed by atoms with Crippen molar-refractivity contribution >= 4 is 5.91 Å². The van der Waals surface area contributed by atoms with E-state index < -0.39 is 24.8 Å². The zero-order chi connectivity index (χ0) is 16.9. The number of nitrogens with zero attached hydrogens (tertiary/aromatic N) is 2. The number of piperazine rings is 1. The first-order chi connectivity index (χ1) is 10.9. The van der Waals surface area contributed by atoms with Gasteiger partial charge in [0.2, 0.25) is 5.91 Å². The molecule has 0 aromatic carbocycles. The van der Waals surface area contributed by atoms with Crippen LogP contribution in [-0.2, 0) is 9.53 Å². The number of ether oxygens (including phenoxy) is 1. The molecule has 2 fully saturated rings. The highest BCUT2D eigenvalue weighted by Gasteiger charge is 2.44. The molecule has 0 aromatic rings. The number of morpholine rings is 1. The third-order valence-electron chi connectivity index (χ3n) is 4.41. The number of amides is 1. The molecule has 0 radical (unpaired) electrons. The van der Waals surface area contributed by atoms with Gasteiger partial charge >= 0.3 is 6.18 Å². The molecule has 2 N–H and O–H groups in total. The van der Waals surface area contributed by atoms with Gasteiger partial charge in [-0.15, -0.1) is 0 Å². The van der Waals surface area contributed by atoms with Gasteiger partial charge in [-0.25, -0.2) is 0 Å². The predicted molar refractivity (Wildman–Crippen MR) is 79.1 cm³/mol. The number of hydrogen-bond donors (Lipinski definition) is 2. The molecular formula is C14H25F3N4O2. The maximum Gasteiger partial charge on any atom is 0.405 e. The minimum atomic E-state index is -4.35. The number of carbonyl (C=O) groups excluding carboxylic acids is 1. The normalized spacial score (nSPS) is 24.2. The number of carbonyl (C=O) groups is 1. The van der Waals surface area contributed by atoms with Gasteiger partial charge in [0.15, 0.2) is 0 Å². The van der Waals surface area contributed by atoms with Gasteiger partial charge in [-0.3, -0.25) is 14.6 Å². The van der Waals surface area contributed by atoms with Gasteiger partial charge in [-0.1, -0.05) is 0 Å². The van der Waals surface area contributed by atoms with E-state index in [2.05, 4.69) is 10.6 Å². The Hall–Kier alpha value is -0.900. The molecule has 2 heterocycles. The largest absolute Gasteiger partial charge is 0.405 e. The fourth-order valence-electron chi connectivity index (χ4n) is 2.92. The van der Waals surface area contributed by atoms with Crippen LogP contribution in [0, 0.1) is 0 Å². The van der Waals surface area contributed by atoms with Crippen molar-refractivity contribution in [3.63, 3.8) is 0 Å². The SMILES string of the molecule is CC(C(=O)NCC(N1CCNCC1)C(F)(F)F)N1CCOCC1. The summed E-state index contributed by atoms with van der Waals surface area (Å²) in [6.45, 7) is 5.37. The molecule has 0 aromatic heterocycles. The second-order valence-electron chi connectivity index (χ2n) is 5.91. The molecule has 0 saturated carbocycles. The van der Waals surface area contributed by atoms with Gasteiger partial charge in [0, 0.05) is 45.8 Å². The van der Waals surface area contributed by atoms with Crippen LogP contribution in [0.15, 0.2) is 0 Å². The molecule has 2 aliphatic heterocycles. The molecule has 0 aliphatic carbocycles. The van der Waals surface area contributed by atoms with E-state index in [1.165, 1.54) is 4.90 Å². The second-order valence-corrected chi connectivity index (χ2v) is 5.91. The highest BCUT2D eigenvalue weighted by atomic mass is 19.4. The van der Waals surface area contributed by atoms with Crippen molar-refractivity contribution in [2.45, 2.75) is 25.2 Å². The van der Waals surface area contributed by atoms with E-state index in [1.54, 1.807) is 6.92 Å². The maximum absolute atomic E-state index is 13.3. The number of alkyl halides is 3. The summed E-state index contributed by atoms with van der Waals surface area (Å²) < 4.78 is 45.0. The van der Waals surface area contributed by atoms with Gasteiger partial charge in [0.25, 0.3) is 0 Å². The summed E-state index contributed by atoms with van der Waals surface area (Å²) >= 11 is 0. The monoisotopic (exact) mass is 338 g/mol. The Morgan fingerprint density at radius 2 is 1.78 bits per heavy atom. The topological polar surface area (TPSA) is 56.8 Å². The third-order valence-corrected chi connectivity index (χ3v) is 4.41. The van der Waals surface area contributed by atoms with Crippen LogP contribution >= 0.6 is 0 Å². The molecule has 9 heteroatoms. The van der Waals surface area contributed by atoms with Gasteiger partial charge < -0.3 is 15.4 Å². The standard InChI is InChI=1S/C14H25F3N4O2/c1-11(20-6-8-23-9-7-20)13(22)19-10-12(14(15,16)17)21-4-2-18-3-5-21/h11-12,18H,2-10H2,1H3,(H,19,22). The van der Waals surface area contributed by atoms with Crippen molar-refractivity contribution < 1.29 is 22.7 Å². The summed E-state index contributed by atoms with van der Waals surface area (Å²) in [4.78, 5) is 15.5. The second kappa shape index (κ2) is 8.27. The first-order valence-corrected chi connectivity index (χ1v) is 8.00. The van der Waals surface area contributed by atoms with Gasteiger partial charge in [0.1, 0.15) is 6.04 Å². The minimum Gasteiger partial charge on any atom is -0.379 e. The van der Waals surface area contributed by atoms with Crippen molar-refractivity contribution in [2.24, 2.45) is 0 Å². The zero-order valence-corrected chi connectivity index (χ0v) is 13.4. The molecule has 1 amide bonds. The quantitative estimate of drug-likeness (QED) is 0.718. The molecule has 0 spiro atoms. The molecule has 23 heavy (non-hydrogen) atoms. The van der Waals surface area contributed by atoms with Crippen LogP contribution in [0.5, 0.6) is 0 Å². The number of halogens is 3. The van der Waals surface area contributed by atoms with Crippen LogP contribution in [0.1, 0.15) is 6.92 Å². The molecule has 2 unspecified atom stereocenters. The molecule has 0 bridgehead atoms. The molecule has 2 saturated heterocycles. The summed E-state index contributed by atoms with van der Waals surface area (Å²) in [5, 5.41) is 5.51. The van der Waals surface area contributed by atoms with Crippen LogP contribution in [0.3, 0.4) is 0 Å². The Bertz CT molecular complexity index is 383. The fraction of sp³-hybridized carbons (Fsp3) is 0.929.